The molecule has 0 saturated heterocycles. The van der Waals surface area contributed by atoms with Crippen LogP contribution in [0.1, 0.15) is 0 Å². The molecule has 0 saturated carbocycles. The zero-order valence-electron chi connectivity index (χ0n) is 3.64. The molecule has 0 aliphatic rings. The molecule has 6 heavy (non-hydrogen) atoms. The minimum absolute atomic E-state index is 0.500. The molecule has 0 bridgehead atoms. The molecule has 0 unspecified atom stereocenters. The standard InChI is InChI=1S/CH3F.CH4O2S/c1-2;1-4(2)3/h1H3;4H,1H3. The topological polar surface area (TPSA) is 34.1 Å². The van der Waals surface area contributed by atoms with Gasteiger partial charge in [0.2, 0.25) is 0 Å². The van der Waals surface area contributed by atoms with Gasteiger partial charge in [0.15, 0.2) is 0 Å². The van der Waals surface area contributed by atoms with Crippen LogP contribution < -0.4 is 0 Å². The minimum Gasteiger partial charge on any atom is -0.255 e. The van der Waals surface area contributed by atoms with Crippen LogP contribution in [0.2, 0.25) is 0 Å². The molecule has 0 aliphatic carbocycles. The summed E-state index contributed by atoms with van der Waals surface area (Å²) in [6.07, 6.45) is 1.12. The van der Waals surface area contributed by atoms with Crippen LogP contribution >= 0.6 is 0 Å². The van der Waals surface area contributed by atoms with Gasteiger partial charge in [-0.1, -0.05) is 0 Å². The van der Waals surface area contributed by atoms with Gasteiger partial charge >= 0.3 is 0 Å². The van der Waals surface area contributed by atoms with Gasteiger partial charge in [-0.15, -0.1) is 0 Å². The number of hydrogen-bond donors (Lipinski definition) is 1. The highest BCUT2D eigenvalue weighted by Gasteiger charge is 1.44. The second-order valence-corrected chi connectivity index (χ2v) is 1.32. The van der Waals surface area contributed by atoms with Crippen molar-refractivity contribution in [1.29, 1.82) is 0 Å². The second-order valence-electron chi connectivity index (χ2n) is 0.440. The summed E-state index contributed by atoms with van der Waals surface area (Å²) in [5.74, 6) is 0. The van der Waals surface area contributed by atoms with Crippen LogP contribution in [0.15, 0.2) is 0 Å². The Balaban J connectivity index is 0. The van der Waals surface area contributed by atoms with Gasteiger partial charge in [0.1, 0.15) is 10.7 Å². The third-order valence-electron chi connectivity index (χ3n) is 0. The number of thiol groups is 1. The molecular formula is C2H7FO2S. The fourth-order valence-electron chi connectivity index (χ4n) is 0. The van der Waals surface area contributed by atoms with Gasteiger partial charge in [0.05, 0.1) is 7.18 Å². The molecule has 0 rings (SSSR count). The average Bonchev–Trinajstić information content (AvgIpc) is 1.41. The monoisotopic (exact) mass is 114 g/mol. The number of rotatable bonds is 0. The number of alkyl halides is 1. The summed E-state index contributed by atoms with van der Waals surface area (Å²) < 4.78 is 27.6. The SMILES string of the molecule is CF.C[SH](=O)=O. The van der Waals surface area contributed by atoms with Gasteiger partial charge in [0, 0.05) is 6.26 Å². The summed E-state index contributed by atoms with van der Waals surface area (Å²) in [4.78, 5) is 0. The van der Waals surface area contributed by atoms with E-state index in [1.807, 2.05) is 0 Å². The van der Waals surface area contributed by atoms with Gasteiger partial charge in [0.25, 0.3) is 0 Å². The highest BCUT2D eigenvalue weighted by molar-refractivity contribution is 7.71. The molecule has 0 aliphatic heterocycles. The Morgan fingerprint density at radius 3 is 1.33 bits per heavy atom. The third kappa shape index (κ3) is 2230. The van der Waals surface area contributed by atoms with Gasteiger partial charge < -0.3 is 0 Å². The van der Waals surface area contributed by atoms with Crippen LogP contribution in [-0.4, -0.2) is 21.9 Å². The van der Waals surface area contributed by atoms with E-state index in [2.05, 4.69) is 0 Å². The lowest BCUT2D eigenvalue weighted by Crippen LogP contribution is -1.56. The van der Waals surface area contributed by atoms with Crippen molar-refractivity contribution in [2.24, 2.45) is 0 Å². The number of hydrogen-bond acceptors (Lipinski definition) is 2. The average molecular weight is 114 g/mol. The van der Waals surface area contributed by atoms with E-state index in [1.165, 1.54) is 0 Å². The molecule has 40 valence electrons. The summed E-state index contributed by atoms with van der Waals surface area (Å²) in [6, 6.07) is 0. The predicted molar refractivity (Wildman–Crippen MR) is 23.3 cm³/mol. The van der Waals surface area contributed by atoms with Crippen molar-refractivity contribution in [3.8, 4) is 0 Å². The first-order valence-corrected chi connectivity index (χ1v) is 2.82. The van der Waals surface area contributed by atoms with E-state index in [0.717, 1.165) is 6.26 Å². The Labute approximate surface area is 37.9 Å². The largest absolute Gasteiger partial charge is 0.255 e. The summed E-state index contributed by atoms with van der Waals surface area (Å²) in [7, 11) is -1.62. The van der Waals surface area contributed by atoms with E-state index in [-0.39, 0.29) is 0 Å². The van der Waals surface area contributed by atoms with Crippen LogP contribution in [0.4, 0.5) is 4.39 Å². The maximum atomic E-state index is 9.50. The Kier molecular flexibility index (Phi) is 13.7. The molecule has 0 amide bonds. The van der Waals surface area contributed by atoms with Crippen molar-refractivity contribution < 1.29 is 12.8 Å². The molecule has 0 aromatic carbocycles. The van der Waals surface area contributed by atoms with E-state index in [1.54, 1.807) is 0 Å². The molecule has 2 nitrogen and oxygen atoms in total. The molecule has 0 heterocycles. The Morgan fingerprint density at radius 2 is 1.33 bits per heavy atom. The molecule has 0 spiro atoms. The zero-order valence-corrected chi connectivity index (χ0v) is 4.54. The van der Waals surface area contributed by atoms with Gasteiger partial charge in [-0.3, -0.25) is 4.39 Å². The van der Waals surface area contributed by atoms with Crippen molar-refractivity contribution >= 4 is 10.7 Å². The van der Waals surface area contributed by atoms with Crippen molar-refractivity contribution in [3.63, 3.8) is 0 Å². The summed E-state index contributed by atoms with van der Waals surface area (Å²) in [5, 5.41) is 0. The highest BCUT2D eigenvalue weighted by Crippen LogP contribution is 1.29. The molecule has 0 radical (unpaired) electrons. The Morgan fingerprint density at radius 1 is 1.33 bits per heavy atom. The van der Waals surface area contributed by atoms with Crippen molar-refractivity contribution in [3.05, 3.63) is 0 Å². The lowest BCUT2D eigenvalue weighted by molar-refractivity contribution is 0.619. The molecule has 0 aromatic heterocycles. The Hall–Kier alpha value is -0.120. The normalized spacial score (nSPS) is 6.67. The van der Waals surface area contributed by atoms with E-state index in [9.17, 15) is 4.39 Å². The molecule has 0 fully saturated rings. The van der Waals surface area contributed by atoms with E-state index < -0.39 is 10.7 Å². The predicted octanol–water partition coefficient (Wildman–Crippen LogP) is -0.187. The van der Waals surface area contributed by atoms with E-state index >= 15 is 0 Å². The van der Waals surface area contributed by atoms with E-state index in [0.29, 0.717) is 7.18 Å². The van der Waals surface area contributed by atoms with Crippen molar-refractivity contribution in [1.82, 2.24) is 0 Å². The van der Waals surface area contributed by atoms with Crippen LogP contribution in [0.25, 0.3) is 0 Å². The summed E-state index contributed by atoms with van der Waals surface area (Å²) in [6.45, 7) is 0. The first-order chi connectivity index (χ1) is 2.73. The maximum absolute atomic E-state index is 9.50. The fraction of sp³-hybridized carbons (Fsp3) is 1.00. The van der Waals surface area contributed by atoms with Crippen LogP contribution in [0, 0.1) is 0 Å². The van der Waals surface area contributed by atoms with Crippen LogP contribution in [0.5, 0.6) is 0 Å². The van der Waals surface area contributed by atoms with Gasteiger partial charge in [-0.25, -0.2) is 8.42 Å². The first-order valence-electron chi connectivity index (χ1n) is 1.19. The van der Waals surface area contributed by atoms with Gasteiger partial charge in [-0.05, 0) is 0 Å². The Bertz CT molecular complexity index is 59.9. The van der Waals surface area contributed by atoms with Crippen molar-refractivity contribution in [2.45, 2.75) is 0 Å². The van der Waals surface area contributed by atoms with Gasteiger partial charge in [-0.2, -0.15) is 0 Å². The second kappa shape index (κ2) is 8.86. The minimum atomic E-state index is -2.12. The smallest absolute Gasteiger partial charge is 0.137 e. The van der Waals surface area contributed by atoms with Crippen LogP contribution in [0.3, 0.4) is 0 Å². The molecule has 0 atom stereocenters. The summed E-state index contributed by atoms with van der Waals surface area (Å²) >= 11 is 0. The lowest BCUT2D eigenvalue weighted by Gasteiger charge is -1.41. The van der Waals surface area contributed by atoms with E-state index in [4.69, 9.17) is 8.42 Å². The quantitative estimate of drug-likeness (QED) is 0.443. The number of halogens is 1. The summed E-state index contributed by atoms with van der Waals surface area (Å²) in [5.41, 5.74) is 0. The molecule has 0 aromatic rings. The van der Waals surface area contributed by atoms with Crippen molar-refractivity contribution in [2.75, 3.05) is 13.4 Å². The third-order valence-corrected chi connectivity index (χ3v) is 0. The molecule has 4 heteroatoms. The molecular weight excluding hydrogens is 107 g/mol. The zero-order chi connectivity index (χ0) is 5.58. The maximum Gasteiger partial charge on any atom is 0.137 e. The highest BCUT2D eigenvalue weighted by atomic mass is 32.2. The first kappa shape index (κ1) is 9.30. The lowest BCUT2D eigenvalue weighted by atomic mass is 11.9. The fourth-order valence-corrected chi connectivity index (χ4v) is 0. The van der Waals surface area contributed by atoms with Crippen LogP contribution in [-0.2, 0) is 10.7 Å². The molecule has 0 N–H and O–H groups in total.